The first-order valence-electron chi connectivity index (χ1n) is 11.5. The fourth-order valence-corrected chi connectivity index (χ4v) is 4.89. The normalized spacial score (nSPS) is 20.9. The van der Waals surface area contributed by atoms with Gasteiger partial charge < -0.3 is 9.47 Å². The number of amides is 2. The second kappa shape index (κ2) is 9.09. The van der Waals surface area contributed by atoms with Gasteiger partial charge in [0.1, 0.15) is 11.6 Å². The zero-order valence-electron chi connectivity index (χ0n) is 18.2. The second-order valence-corrected chi connectivity index (χ2v) is 8.63. The molecule has 3 heterocycles. The third kappa shape index (κ3) is 4.10. The van der Waals surface area contributed by atoms with Crippen LogP contribution in [0.5, 0.6) is 0 Å². The van der Waals surface area contributed by atoms with Gasteiger partial charge in [0.15, 0.2) is 0 Å². The van der Waals surface area contributed by atoms with Gasteiger partial charge in [0, 0.05) is 23.6 Å². The third-order valence-corrected chi connectivity index (χ3v) is 6.46. The molecule has 0 spiro atoms. The highest BCUT2D eigenvalue weighted by molar-refractivity contribution is 6.52. The molecule has 1 atom stereocenters. The molecule has 1 N–H and O–H groups in total. The number of hydrogen-bond donors (Lipinski definition) is 1. The van der Waals surface area contributed by atoms with Crippen molar-refractivity contribution >= 4 is 34.1 Å². The summed E-state index contributed by atoms with van der Waals surface area (Å²) >= 11 is 0. The molecule has 0 bridgehead atoms. The van der Waals surface area contributed by atoms with Gasteiger partial charge in [-0.05, 0) is 62.7 Å². The number of carbonyl (C=O) groups excluding carboxylic acids is 2. The van der Waals surface area contributed by atoms with E-state index in [1.165, 1.54) is 32.4 Å². The maximum absolute atomic E-state index is 12.8. The summed E-state index contributed by atoms with van der Waals surface area (Å²) in [5, 5.41) is 3.47. The zero-order valence-corrected chi connectivity index (χ0v) is 18.2. The Bertz CT molecular complexity index is 1160. The number of fused-ring (bicyclic) bond motifs is 1. The second-order valence-electron chi connectivity index (χ2n) is 8.63. The molecule has 2 amide bonds. The molecule has 6 nitrogen and oxygen atoms in total. The Balaban J connectivity index is 1.45. The van der Waals surface area contributed by atoms with Gasteiger partial charge in [-0.25, -0.2) is 4.99 Å². The molecule has 6 heteroatoms. The van der Waals surface area contributed by atoms with Crippen molar-refractivity contribution in [2.45, 2.75) is 38.1 Å². The molecule has 1 aromatic heterocycles. The van der Waals surface area contributed by atoms with Gasteiger partial charge in [0.05, 0.1) is 5.69 Å². The van der Waals surface area contributed by atoms with Crippen LogP contribution in [0, 0.1) is 0 Å². The quantitative estimate of drug-likeness (QED) is 0.603. The van der Waals surface area contributed by atoms with Gasteiger partial charge >= 0.3 is 0 Å². The van der Waals surface area contributed by atoms with Crippen molar-refractivity contribution in [2.75, 3.05) is 19.6 Å². The molecular formula is C26H28N4O2. The van der Waals surface area contributed by atoms with E-state index in [9.17, 15) is 9.59 Å². The van der Waals surface area contributed by atoms with Crippen molar-refractivity contribution in [3.63, 3.8) is 0 Å². The van der Waals surface area contributed by atoms with Crippen LogP contribution in [0.15, 0.2) is 65.8 Å². The Morgan fingerprint density at radius 1 is 0.906 bits per heavy atom. The lowest BCUT2D eigenvalue weighted by atomic mass is 9.95. The number of para-hydroxylation sites is 2. The molecule has 0 radical (unpaired) electrons. The minimum atomic E-state index is -0.698. The van der Waals surface area contributed by atoms with Crippen LogP contribution in [0.4, 0.5) is 5.69 Å². The van der Waals surface area contributed by atoms with Crippen LogP contribution in [0.25, 0.3) is 10.9 Å². The smallest absolute Gasteiger partial charge is 0.273 e. The Labute approximate surface area is 187 Å². The number of aliphatic imine (C=N–C) groups is 1. The number of piperidine rings is 1. The van der Waals surface area contributed by atoms with E-state index in [0.29, 0.717) is 5.69 Å². The van der Waals surface area contributed by atoms with Gasteiger partial charge in [-0.1, -0.05) is 42.8 Å². The average molecular weight is 429 g/mol. The van der Waals surface area contributed by atoms with Crippen molar-refractivity contribution in [2.24, 2.45) is 4.99 Å². The molecule has 0 saturated carbocycles. The molecule has 2 aliphatic rings. The first-order valence-corrected chi connectivity index (χ1v) is 11.5. The van der Waals surface area contributed by atoms with Crippen LogP contribution in [-0.4, -0.2) is 46.6 Å². The molecule has 5 rings (SSSR count). The number of rotatable bonds is 6. The Hall–Kier alpha value is -3.25. The predicted octanol–water partition coefficient (Wildman–Crippen LogP) is 4.03. The van der Waals surface area contributed by atoms with E-state index in [4.69, 9.17) is 0 Å². The van der Waals surface area contributed by atoms with Crippen molar-refractivity contribution in [1.82, 2.24) is 14.8 Å². The van der Waals surface area contributed by atoms with Gasteiger partial charge in [0.2, 0.25) is 5.91 Å². The summed E-state index contributed by atoms with van der Waals surface area (Å²) in [5.74, 6) is -1.41. The fraction of sp³-hybridized carbons (Fsp3) is 0.346. The highest BCUT2D eigenvalue weighted by Gasteiger charge is 2.40. The molecule has 2 aliphatic heterocycles. The molecule has 164 valence electrons. The molecular weight excluding hydrogens is 400 g/mol. The maximum Gasteiger partial charge on any atom is 0.273 e. The molecule has 2 fully saturated rings. The summed E-state index contributed by atoms with van der Waals surface area (Å²) in [6.07, 6.45) is 7.04. The largest absolute Gasteiger partial charge is 0.347 e. The van der Waals surface area contributed by atoms with Crippen LogP contribution >= 0.6 is 0 Å². The van der Waals surface area contributed by atoms with Gasteiger partial charge in [-0.15, -0.1) is 0 Å². The number of nitrogens with zero attached hydrogens (tertiary/aromatic N) is 3. The monoisotopic (exact) mass is 428 g/mol. The summed E-state index contributed by atoms with van der Waals surface area (Å²) in [6.45, 7) is 4.36. The van der Waals surface area contributed by atoms with Crippen LogP contribution in [0.2, 0.25) is 0 Å². The number of likely N-dealkylation sites (tertiary alicyclic amines) is 1. The zero-order chi connectivity index (χ0) is 21.9. The summed E-state index contributed by atoms with van der Waals surface area (Å²) in [5.41, 5.74) is 2.86. The van der Waals surface area contributed by atoms with E-state index in [-0.39, 0.29) is 11.6 Å². The van der Waals surface area contributed by atoms with Crippen molar-refractivity contribution < 1.29 is 9.59 Å². The number of hydrogen-bond acceptors (Lipinski definition) is 4. The van der Waals surface area contributed by atoms with Crippen molar-refractivity contribution in [1.29, 1.82) is 0 Å². The van der Waals surface area contributed by atoms with Crippen LogP contribution in [-0.2, 0) is 16.1 Å². The molecule has 0 aliphatic carbocycles. The van der Waals surface area contributed by atoms with Crippen LogP contribution < -0.4 is 5.32 Å². The molecule has 3 aromatic rings. The summed E-state index contributed by atoms with van der Waals surface area (Å²) in [7, 11) is 0. The summed E-state index contributed by atoms with van der Waals surface area (Å²) in [6, 6.07) is 17.4. The Morgan fingerprint density at radius 3 is 2.47 bits per heavy atom. The Morgan fingerprint density at radius 2 is 1.66 bits per heavy atom. The summed E-state index contributed by atoms with van der Waals surface area (Å²) < 4.78 is 2.23. The van der Waals surface area contributed by atoms with Crippen molar-refractivity contribution in [3.8, 4) is 0 Å². The van der Waals surface area contributed by atoms with Gasteiger partial charge in [-0.2, -0.15) is 0 Å². The van der Waals surface area contributed by atoms with Crippen molar-refractivity contribution in [3.05, 3.63) is 66.4 Å². The number of aromatic nitrogens is 1. The van der Waals surface area contributed by atoms with Crippen LogP contribution in [0.1, 0.15) is 37.2 Å². The SMILES string of the molecule is O=C1NC(=O)C(c2cn(CCCN3CCCCC3)c3ccccc23)C1=Nc1ccccc1. The molecule has 32 heavy (non-hydrogen) atoms. The predicted molar refractivity (Wildman–Crippen MR) is 126 cm³/mol. The lowest BCUT2D eigenvalue weighted by Gasteiger charge is -2.26. The lowest BCUT2D eigenvalue weighted by Crippen LogP contribution is -2.31. The lowest BCUT2D eigenvalue weighted by molar-refractivity contribution is -0.124. The maximum atomic E-state index is 12.8. The van der Waals surface area contributed by atoms with Gasteiger partial charge in [-0.3, -0.25) is 14.9 Å². The molecule has 2 aromatic carbocycles. The first-order chi connectivity index (χ1) is 15.7. The average Bonchev–Trinajstić information content (AvgIpc) is 3.31. The number of carbonyl (C=O) groups is 2. The number of imide groups is 1. The molecule has 2 saturated heterocycles. The highest BCUT2D eigenvalue weighted by atomic mass is 16.2. The number of benzene rings is 2. The minimum Gasteiger partial charge on any atom is -0.347 e. The minimum absolute atomic E-state index is 0.261. The van der Waals surface area contributed by atoms with E-state index >= 15 is 0 Å². The number of nitrogens with one attached hydrogen (secondary N) is 1. The van der Waals surface area contributed by atoms with E-state index in [1.54, 1.807) is 0 Å². The first kappa shape index (κ1) is 20.6. The molecule has 1 unspecified atom stereocenters. The third-order valence-electron chi connectivity index (χ3n) is 6.46. The standard InChI is InChI=1S/C26H28N4O2/c31-25-23(24(26(32)28-25)27-19-10-3-1-4-11-19)21-18-30(22-13-6-5-12-20(21)22)17-9-16-29-14-7-2-8-15-29/h1,3-6,10-13,18,23H,2,7-9,14-17H2,(H,28,31,32). The summed E-state index contributed by atoms with van der Waals surface area (Å²) in [4.78, 5) is 32.5. The fourth-order valence-electron chi connectivity index (χ4n) is 4.89. The van der Waals surface area contributed by atoms with E-state index in [2.05, 4.69) is 25.8 Å². The van der Waals surface area contributed by atoms with E-state index < -0.39 is 11.8 Å². The Kier molecular flexibility index (Phi) is 5.86. The van der Waals surface area contributed by atoms with E-state index in [1.807, 2.05) is 54.7 Å². The van der Waals surface area contributed by atoms with Crippen LogP contribution in [0.3, 0.4) is 0 Å². The number of aryl methyl sites for hydroxylation is 1. The highest BCUT2D eigenvalue weighted by Crippen LogP contribution is 2.32. The van der Waals surface area contributed by atoms with Gasteiger partial charge in [0.25, 0.3) is 5.91 Å². The topological polar surface area (TPSA) is 66.7 Å². The van der Waals surface area contributed by atoms with E-state index in [0.717, 1.165) is 36.0 Å².